The Labute approximate surface area is 143 Å². The fourth-order valence-corrected chi connectivity index (χ4v) is 1.91. The normalized spacial score (nSPS) is 10.0. The van der Waals surface area contributed by atoms with Gasteiger partial charge < -0.3 is 14.4 Å². The summed E-state index contributed by atoms with van der Waals surface area (Å²) in [6, 6.07) is 11.8. The number of carbonyl (C=O) groups is 2. The molecule has 0 aliphatic carbocycles. The molecule has 2 rings (SSSR count). The van der Waals surface area contributed by atoms with E-state index < -0.39 is 17.7 Å². The molecular weight excluding hydrogens is 328 g/mol. The Morgan fingerprint density at radius 2 is 1.64 bits per heavy atom. The van der Waals surface area contributed by atoms with E-state index in [0.29, 0.717) is 5.56 Å². The van der Waals surface area contributed by atoms with E-state index in [0.717, 1.165) is 5.69 Å². The monoisotopic (exact) mass is 344 g/mol. The fourth-order valence-electron chi connectivity index (χ4n) is 1.91. The number of anilines is 1. The lowest BCUT2D eigenvalue weighted by atomic mass is 10.1. The van der Waals surface area contributed by atoms with Gasteiger partial charge >= 0.3 is 6.16 Å². The first-order valence-corrected chi connectivity index (χ1v) is 7.26. The van der Waals surface area contributed by atoms with E-state index in [2.05, 4.69) is 0 Å². The minimum atomic E-state index is -1.06. The summed E-state index contributed by atoms with van der Waals surface area (Å²) in [5.41, 5.74) is 1.22. The lowest BCUT2D eigenvalue weighted by Crippen LogP contribution is -2.17. The SMILES string of the molecule is CN(C)c1ccc(C(=O)COC(=O)Oc2ccc([N+](=O)[O-])cc2)cc1. The van der Waals surface area contributed by atoms with Crippen molar-refractivity contribution in [1.82, 2.24) is 0 Å². The Morgan fingerprint density at radius 1 is 1.04 bits per heavy atom. The molecule has 0 spiro atoms. The summed E-state index contributed by atoms with van der Waals surface area (Å²) in [5.74, 6) is -0.288. The van der Waals surface area contributed by atoms with E-state index in [1.165, 1.54) is 24.3 Å². The van der Waals surface area contributed by atoms with Gasteiger partial charge in [-0.25, -0.2) is 4.79 Å². The van der Waals surface area contributed by atoms with Crippen molar-refractivity contribution in [3.05, 3.63) is 64.2 Å². The zero-order chi connectivity index (χ0) is 18.4. The van der Waals surface area contributed by atoms with Gasteiger partial charge in [0.2, 0.25) is 0 Å². The van der Waals surface area contributed by atoms with Gasteiger partial charge in [-0.1, -0.05) is 0 Å². The third-order valence-electron chi connectivity index (χ3n) is 3.28. The number of nitro groups is 1. The summed E-state index contributed by atoms with van der Waals surface area (Å²) in [6.45, 7) is -0.465. The smallest absolute Gasteiger partial charge is 0.426 e. The van der Waals surface area contributed by atoms with Gasteiger partial charge in [0.15, 0.2) is 12.4 Å². The highest BCUT2D eigenvalue weighted by atomic mass is 16.7. The third kappa shape index (κ3) is 5.03. The van der Waals surface area contributed by atoms with Crippen molar-refractivity contribution in [2.75, 3.05) is 25.6 Å². The summed E-state index contributed by atoms with van der Waals surface area (Å²) in [5, 5.41) is 10.5. The van der Waals surface area contributed by atoms with E-state index >= 15 is 0 Å². The zero-order valence-electron chi connectivity index (χ0n) is 13.7. The van der Waals surface area contributed by atoms with Crippen LogP contribution in [0.25, 0.3) is 0 Å². The van der Waals surface area contributed by atoms with Crippen LogP contribution in [0.2, 0.25) is 0 Å². The largest absolute Gasteiger partial charge is 0.514 e. The molecule has 0 fully saturated rings. The maximum atomic E-state index is 12.0. The Bertz CT molecular complexity index is 769. The predicted octanol–water partition coefficient (Wildman–Crippen LogP) is 3.06. The minimum Gasteiger partial charge on any atom is -0.426 e. The van der Waals surface area contributed by atoms with Crippen molar-refractivity contribution in [2.24, 2.45) is 0 Å². The molecular formula is C17H16N2O6. The molecule has 0 saturated carbocycles. The van der Waals surface area contributed by atoms with Crippen molar-refractivity contribution in [3.8, 4) is 5.75 Å². The van der Waals surface area contributed by atoms with Crippen LogP contribution >= 0.6 is 0 Å². The van der Waals surface area contributed by atoms with Gasteiger partial charge in [-0.15, -0.1) is 0 Å². The van der Waals surface area contributed by atoms with Crippen molar-refractivity contribution in [3.63, 3.8) is 0 Å². The predicted molar refractivity (Wildman–Crippen MR) is 90.2 cm³/mol. The van der Waals surface area contributed by atoms with Crippen molar-refractivity contribution >= 4 is 23.3 Å². The molecule has 0 amide bonds. The van der Waals surface area contributed by atoms with E-state index in [1.807, 2.05) is 19.0 Å². The molecule has 0 atom stereocenters. The molecule has 2 aromatic rings. The van der Waals surface area contributed by atoms with E-state index in [-0.39, 0.29) is 17.2 Å². The first kappa shape index (κ1) is 17.9. The number of benzene rings is 2. The van der Waals surface area contributed by atoms with Crippen LogP contribution in [0.5, 0.6) is 5.75 Å². The van der Waals surface area contributed by atoms with Gasteiger partial charge in [-0.2, -0.15) is 0 Å². The molecule has 0 heterocycles. The summed E-state index contributed by atoms with van der Waals surface area (Å²) >= 11 is 0. The average Bonchev–Trinajstić information content (AvgIpc) is 2.60. The maximum Gasteiger partial charge on any atom is 0.514 e. The van der Waals surface area contributed by atoms with Crippen LogP contribution in [0, 0.1) is 10.1 Å². The minimum absolute atomic E-state index is 0.0818. The second-order valence-corrected chi connectivity index (χ2v) is 5.26. The molecule has 25 heavy (non-hydrogen) atoms. The summed E-state index contributed by atoms with van der Waals surface area (Å²) in [6.07, 6.45) is -1.06. The van der Waals surface area contributed by atoms with Crippen LogP contribution in [0.1, 0.15) is 10.4 Å². The van der Waals surface area contributed by atoms with Gasteiger partial charge in [0.25, 0.3) is 5.69 Å². The molecule has 0 unspecified atom stereocenters. The van der Waals surface area contributed by atoms with Gasteiger partial charge in [0, 0.05) is 37.5 Å². The van der Waals surface area contributed by atoms with Crippen LogP contribution in [0.3, 0.4) is 0 Å². The van der Waals surface area contributed by atoms with Crippen molar-refractivity contribution < 1.29 is 24.0 Å². The van der Waals surface area contributed by atoms with Gasteiger partial charge in [0.05, 0.1) is 4.92 Å². The van der Waals surface area contributed by atoms with Crippen LogP contribution in [0.15, 0.2) is 48.5 Å². The molecule has 0 bridgehead atoms. The van der Waals surface area contributed by atoms with Gasteiger partial charge in [0.1, 0.15) is 5.75 Å². The number of hydrogen-bond donors (Lipinski definition) is 0. The zero-order valence-corrected chi connectivity index (χ0v) is 13.7. The summed E-state index contributed by atoms with van der Waals surface area (Å²) in [4.78, 5) is 35.4. The first-order valence-electron chi connectivity index (χ1n) is 7.26. The lowest BCUT2D eigenvalue weighted by molar-refractivity contribution is -0.384. The summed E-state index contributed by atoms with van der Waals surface area (Å²) in [7, 11) is 3.77. The highest BCUT2D eigenvalue weighted by molar-refractivity contribution is 5.98. The Balaban J connectivity index is 1.86. The number of carbonyl (C=O) groups excluding carboxylic acids is 2. The molecule has 0 radical (unpaired) electrons. The molecule has 130 valence electrons. The third-order valence-corrected chi connectivity index (χ3v) is 3.28. The molecule has 8 nitrogen and oxygen atoms in total. The number of non-ortho nitro benzene ring substituents is 1. The van der Waals surface area contributed by atoms with E-state index in [4.69, 9.17) is 9.47 Å². The summed E-state index contributed by atoms with van der Waals surface area (Å²) < 4.78 is 9.61. The molecule has 0 aliphatic rings. The van der Waals surface area contributed by atoms with Gasteiger partial charge in [-0.3, -0.25) is 14.9 Å². The Morgan fingerprint density at radius 3 is 2.16 bits per heavy atom. The van der Waals surface area contributed by atoms with Crippen molar-refractivity contribution in [2.45, 2.75) is 0 Å². The molecule has 2 aromatic carbocycles. The number of rotatable bonds is 6. The van der Waals surface area contributed by atoms with Crippen molar-refractivity contribution in [1.29, 1.82) is 0 Å². The topological polar surface area (TPSA) is 99.0 Å². The number of nitrogens with zero attached hydrogens (tertiary/aromatic N) is 2. The van der Waals surface area contributed by atoms with Crippen LogP contribution in [-0.4, -0.2) is 37.6 Å². The number of ether oxygens (including phenoxy) is 2. The quantitative estimate of drug-likeness (QED) is 0.261. The number of ketones is 1. The maximum absolute atomic E-state index is 12.0. The lowest BCUT2D eigenvalue weighted by Gasteiger charge is -2.12. The molecule has 8 heteroatoms. The highest BCUT2D eigenvalue weighted by Gasteiger charge is 2.13. The van der Waals surface area contributed by atoms with E-state index in [1.54, 1.807) is 24.3 Å². The Kier molecular flexibility index (Phi) is 5.67. The first-order chi connectivity index (χ1) is 11.9. The number of nitro benzene ring substituents is 1. The molecule has 0 N–H and O–H groups in total. The fraction of sp³-hybridized carbons (Fsp3) is 0.176. The average molecular weight is 344 g/mol. The molecule has 0 aliphatic heterocycles. The van der Waals surface area contributed by atoms with Crippen LogP contribution < -0.4 is 9.64 Å². The van der Waals surface area contributed by atoms with E-state index in [9.17, 15) is 19.7 Å². The standard InChI is InChI=1S/C17H16N2O6/c1-18(2)13-5-3-12(4-6-13)16(20)11-24-17(21)25-15-9-7-14(8-10-15)19(22)23/h3-10H,11H2,1-2H3. The van der Waals surface area contributed by atoms with Crippen LogP contribution in [-0.2, 0) is 4.74 Å². The number of Topliss-reactive ketones (excluding diaryl/α,β-unsaturated/α-hetero) is 1. The Hall–Kier alpha value is -3.42. The highest BCUT2D eigenvalue weighted by Crippen LogP contribution is 2.18. The molecule has 0 saturated heterocycles. The van der Waals surface area contributed by atoms with Gasteiger partial charge in [-0.05, 0) is 36.4 Å². The second kappa shape index (κ2) is 7.91. The second-order valence-electron chi connectivity index (χ2n) is 5.26. The molecule has 0 aromatic heterocycles. The van der Waals surface area contributed by atoms with Crippen LogP contribution in [0.4, 0.5) is 16.2 Å². The number of hydrogen-bond acceptors (Lipinski definition) is 7.